The van der Waals surface area contributed by atoms with Crippen molar-refractivity contribution in [1.29, 1.82) is 0 Å². The molecule has 1 saturated carbocycles. The number of hydrogen-bond acceptors (Lipinski definition) is 3. The minimum atomic E-state index is 0.110. The van der Waals surface area contributed by atoms with Crippen molar-refractivity contribution < 1.29 is 9.53 Å². The Morgan fingerprint density at radius 2 is 1.83 bits per heavy atom. The number of rotatable bonds is 5. The number of benzene rings is 1. The Morgan fingerprint density at radius 3 is 2.46 bits per heavy atom. The van der Waals surface area contributed by atoms with E-state index in [9.17, 15) is 4.79 Å². The SMILES string of the molecule is CC(C)c1ccc(OCC(=O)N2CCCN(C3CCC3)CC2)cc1. The molecule has 1 aromatic carbocycles. The minimum absolute atomic E-state index is 0.110. The van der Waals surface area contributed by atoms with Crippen molar-refractivity contribution in [1.82, 2.24) is 9.80 Å². The Balaban J connectivity index is 1.46. The highest BCUT2D eigenvalue weighted by Gasteiger charge is 2.27. The molecule has 1 amide bonds. The molecule has 4 nitrogen and oxygen atoms in total. The molecule has 4 heteroatoms. The summed E-state index contributed by atoms with van der Waals surface area (Å²) in [5, 5.41) is 0. The van der Waals surface area contributed by atoms with Gasteiger partial charge >= 0.3 is 0 Å². The van der Waals surface area contributed by atoms with Crippen molar-refractivity contribution in [3.8, 4) is 5.75 Å². The van der Waals surface area contributed by atoms with Crippen LogP contribution in [0.1, 0.15) is 51.0 Å². The fourth-order valence-electron chi connectivity index (χ4n) is 3.49. The summed E-state index contributed by atoms with van der Waals surface area (Å²) in [5.41, 5.74) is 1.29. The summed E-state index contributed by atoms with van der Waals surface area (Å²) in [7, 11) is 0. The zero-order valence-corrected chi connectivity index (χ0v) is 15.0. The third-order valence-electron chi connectivity index (χ3n) is 5.38. The molecule has 1 saturated heterocycles. The lowest BCUT2D eigenvalue weighted by atomic mass is 9.91. The largest absolute Gasteiger partial charge is 0.484 e. The van der Waals surface area contributed by atoms with Crippen molar-refractivity contribution >= 4 is 5.91 Å². The molecule has 0 N–H and O–H groups in total. The van der Waals surface area contributed by atoms with Gasteiger partial charge in [0, 0.05) is 32.2 Å². The number of carbonyl (C=O) groups is 1. The molecule has 3 rings (SSSR count). The summed E-state index contributed by atoms with van der Waals surface area (Å²) in [5.74, 6) is 1.40. The molecule has 0 atom stereocenters. The van der Waals surface area contributed by atoms with Gasteiger partial charge in [-0.25, -0.2) is 0 Å². The van der Waals surface area contributed by atoms with Crippen molar-refractivity contribution in [2.24, 2.45) is 0 Å². The van der Waals surface area contributed by atoms with Crippen LogP contribution in [0.3, 0.4) is 0 Å². The van der Waals surface area contributed by atoms with E-state index in [-0.39, 0.29) is 12.5 Å². The van der Waals surface area contributed by atoms with Gasteiger partial charge in [-0.3, -0.25) is 9.69 Å². The van der Waals surface area contributed by atoms with Crippen LogP contribution >= 0.6 is 0 Å². The van der Waals surface area contributed by atoms with Gasteiger partial charge in [-0.05, 0) is 42.9 Å². The van der Waals surface area contributed by atoms with E-state index in [1.54, 1.807) is 0 Å². The van der Waals surface area contributed by atoms with Gasteiger partial charge in [-0.15, -0.1) is 0 Å². The Bertz CT molecular complexity index is 537. The lowest BCUT2D eigenvalue weighted by Crippen LogP contribution is -2.43. The second-order valence-electron chi connectivity index (χ2n) is 7.37. The van der Waals surface area contributed by atoms with Crippen LogP contribution in [-0.4, -0.2) is 54.5 Å². The summed E-state index contributed by atoms with van der Waals surface area (Å²) in [6.45, 7) is 8.33. The highest BCUT2D eigenvalue weighted by Crippen LogP contribution is 2.25. The van der Waals surface area contributed by atoms with E-state index >= 15 is 0 Å². The van der Waals surface area contributed by atoms with Crippen LogP contribution in [0.5, 0.6) is 5.75 Å². The summed E-state index contributed by atoms with van der Waals surface area (Å²) >= 11 is 0. The number of ether oxygens (including phenoxy) is 1. The van der Waals surface area contributed by atoms with Crippen molar-refractivity contribution in [2.75, 3.05) is 32.8 Å². The smallest absolute Gasteiger partial charge is 0.260 e. The van der Waals surface area contributed by atoms with E-state index in [1.807, 2.05) is 17.0 Å². The molecule has 24 heavy (non-hydrogen) atoms. The van der Waals surface area contributed by atoms with Gasteiger partial charge in [0.25, 0.3) is 5.91 Å². The third kappa shape index (κ3) is 4.29. The van der Waals surface area contributed by atoms with Gasteiger partial charge < -0.3 is 9.64 Å². The Morgan fingerprint density at radius 1 is 1.08 bits per heavy atom. The number of nitrogens with zero attached hydrogens (tertiary/aromatic N) is 2. The molecule has 0 radical (unpaired) electrons. The molecule has 0 unspecified atom stereocenters. The van der Waals surface area contributed by atoms with Crippen LogP contribution in [0.4, 0.5) is 0 Å². The predicted octanol–water partition coefficient (Wildman–Crippen LogP) is 3.28. The molecule has 2 aliphatic rings. The number of hydrogen-bond donors (Lipinski definition) is 0. The van der Waals surface area contributed by atoms with Crippen molar-refractivity contribution in [3.05, 3.63) is 29.8 Å². The third-order valence-corrected chi connectivity index (χ3v) is 5.38. The lowest BCUT2D eigenvalue weighted by Gasteiger charge is -2.36. The fraction of sp³-hybridized carbons (Fsp3) is 0.650. The molecular weight excluding hydrogens is 300 g/mol. The molecule has 0 bridgehead atoms. The van der Waals surface area contributed by atoms with Gasteiger partial charge in [0.1, 0.15) is 5.75 Å². The summed E-state index contributed by atoms with van der Waals surface area (Å²) in [6, 6.07) is 8.85. The average molecular weight is 330 g/mol. The number of amides is 1. The van der Waals surface area contributed by atoms with Crippen LogP contribution < -0.4 is 4.74 Å². The van der Waals surface area contributed by atoms with Crippen LogP contribution in [0.15, 0.2) is 24.3 Å². The van der Waals surface area contributed by atoms with Crippen molar-refractivity contribution in [2.45, 2.75) is 51.5 Å². The Kier molecular flexibility index (Phi) is 5.77. The first-order valence-electron chi connectivity index (χ1n) is 9.38. The topological polar surface area (TPSA) is 32.8 Å². The first-order valence-corrected chi connectivity index (χ1v) is 9.38. The molecule has 0 aromatic heterocycles. The number of carbonyl (C=O) groups excluding carboxylic acids is 1. The second kappa shape index (κ2) is 8.02. The highest BCUT2D eigenvalue weighted by molar-refractivity contribution is 5.77. The normalized spacial score (nSPS) is 19.9. The molecule has 1 heterocycles. The molecule has 0 spiro atoms. The first-order chi connectivity index (χ1) is 11.6. The second-order valence-corrected chi connectivity index (χ2v) is 7.37. The maximum Gasteiger partial charge on any atom is 0.260 e. The lowest BCUT2D eigenvalue weighted by molar-refractivity contribution is -0.133. The summed E-state index contributed by atoms with van der Waals surface area (Å²) in [4.78, 5) is 17.0. The minimum Gasteiger partial charge on any atom is -0.484 e. The van der Waals surface area contributed by atoms with E-state index < -0.39 is 0 Å². The monoisotopic (exact) mass is 330 g/mol. The Labute approximate surface area is 145 Å². The van der Waals surface area contributed by atoms with Crippen LogP contribution in [0, 0.1) is 0 Å². The van der Waals surface area contributed by atoms with E-state index in [1.165, 1.54) is 24.8 Å². The van der Waals surface area contributed by atoms with E-state index in [0.29, 0.717) is 5.92 Å². The average Bonchev–Trinajstić information content (AvgIpc) is 2.77. The van der Waals surface area contributed by atoms with Gasteiger partial charge in [-0.1, -0.05) is 32.4 Å². The van der Waals surface area contributed by atoms with Crippen LogP contribution in [0.25, 0.3) is 0 Å². The zero-order chi connectivity index (χ0) is 16.9. The van der Waals surface area contributed by atoms with E-state index in [4.69, 9.17) is 4.74 Å². The maximum atomic E-state index is 12.4. The fourth-order valence-corrected chi connectivity index (χ4v) is 3.49. The molecule has 1 aromatic rings. The molecule has 132 valence electrons. The van der Waals surface area contributed by atoms with Crippen LogP contribution in [-0.2, 0) is 4.79 Å². The van der Waals surface area contributed by atoms with Crippen molar-refractivity contribution in [3.63, 3.8) is 0 Å². The summed E-state index contributed by atoms with van der Waals surface area (Å²) in [6.07, 6.45) is 5.12. The standard InChI is InChI=1S/C20H30N2O2/c1-16(2)17-7-9-19(10-8-17)24-15-20(23)22-12-4-11-21(13-14-22)18-5-3-6-18/h7-10,16,18H,3-6,11-15H2,1-2H3. The predicted molar refractivity (Wildman–Crippen MR) is 96.4 cm³/mol. The maximum absolute atomic E-state index is 12.4. The van der Waals surface area contributed by atoms with Gasteiger partial charge in [0.15, 0.2) is 6.61 Å². The van der Waals surface area contributed by atoms with Gasteiger partial charge in [-0.2, -0.15) is 0 Å². The van der Waals surface area contributed by atoms with Gasteiger partial charge in [0.2, 0.25) is 0 Å². The quantitative estimate of drug-likeness (QED) is 0.830. The zero-order valence-electron chi connectivity index (χ0n) is 15.0. The Hall–Kier alpha value is -1.55. The van der Waals surface area contributed by atoms with E-state index in [0.717, 1.165) is 44.4 Å². The van der Waals surface area contributed by atoms with Crippen LogP contribution in [0.2, 0.25) is 0 Å². The molecule has 2 fully saturated rings. The highest BCUT2D eigenvalue weighted by atomic mass is 16.5. The van der Waals surface area contributed by atoms with E-state index in [2.05, 4.69) is 30.9 Å². The molecular formula is C20H30N2O2. The van der Waals surface area contributed by atoms with Gasteiger partial charge in [0.05, 0.1) is 0 Å². The molecule has 1 aliphatic carbocycles. The molecule has 1 aliphatic heterocycles. The summed E-state index contributed by atoms with van der Waals surface area (Å²) < 4.78 is 5.70. The first kappa shape index (κ1) is 17.3.